The van der Waals surface area contributed by atoms with Gasteiger partial charge in [0.25, 0.3) is 0 Å². The first-order valence-corrected chi connectivity index (χ1v) is 6.51. The normalized spacial score (nSPS) is 24.9. The summed E-state index contributed by atoms with van der Waals surface area (Å²) in [5, 5.41) is 9.19. The van der Waals surface area contributed by atoms with Crippen LogP contribution in [0, 0.1) is 0 Å². The number of aliphatic hydroxyl groups is 1. The third-order valence-corrected chi connectivity index (χ3v) is 3.49. The Kier molecular flexibility index (Phi) is 3.46. The molecule has 1 aliphatic rings. The van der Waals surface area contributed by atoms with Crippen molar-refractivity contribution >= 4 is 5.78 Å². The highest BCUT2D eigenvalue weighted by atomic mass is 16.5. The Hall–Kier alpha value is -1.50. The lowest BCUT2D eigenvalue weighted by molar-refractivity contribution is -0.0808. The van der Waals surface area contributed by atoms with Crippen LogP contribution in [0.2, 0.25) is 0 Å². The number of aliphatic hydroxyl groups excluding tert-OH is 1. The van der Waals surface area contributed by atoms with Gasteiger partial charge in [-0.25, -0.2) is 9.97 Å². The quantitative estimate of drug-likeness (QED) is 0.862. The molecule has 1 fully saturated rings. The van der Waals surface area contributed by atoms with Gasteiger partial charge in [0.15, 0.2) is 0 Å². The molecule has 1 saturated heterocycles. The minimum absolute atomic E-state index is 0.0654. The highest BCUT2D eigenvalue weighted by molar-refractivity contribution is 5.29. The van der Waals surface area contributed by atoms with E-state index in [4.69, 9.17) is 4.74 Å². The minimum Gasteiger partial charge on any atom is -0.394 e. The molecule has 0 saturated carbocycles. The van der Waals surface area contributed by atoms with E-state index in [1.807, 2.05) is 22.9 Å². The summed E-state index contributed by atoms with van der Waals surface area (Å²) < 4.78 is 7.46. The number of rotatable bonds is 3. The van der Waals surface area contributed by atoms with Crippen molar-refractivity contribution < 1.29 is 9.84 Å². The zero-order chi connectivity index (χ0) is 13.2. The Labute approximate surface area is 111 Å². The zero-order valence-corrected chi connectivity index (χ0v) is 10.9. The molecule has 1 aliphatic heterocycles. The molecule has 0 aliphatic carbocycles. The second kappa shape index (κ2) is 5.24. The first-order valence-electron chi connectivity index (χ1n) is 6.51. The van der Waals surface area contributed by atoms with Gasteiger partial charge in [0.05, 0.1) is 25.0 Å². The Morgan fingerprint density at radius 1 is 1.53 bits per heavy atom. The van der Waals surface area contributed by atoms with E-state index in [1.54, 1.807) is 6.20 Å². The Balaban J connectivity index is 1.75. The van der Waals surface area contributed by atoms with Crippen molar-refractivity contribution in [1.29, 1.82) is 0 Å². The van der Waals surface area contributed by atoms with Gasteiger partial charge in [-0.1, -0.05) is 0 Å². The SMILES string of the molecule is CC1COC(CO)CN1Cc1cn2cccnc2n1. The summed E-state index contributed by atoms with van der Waals surface area (Å²) in [5.74, 6) is 0.720. The monoisotopic (exact) mass is 262 g/mol. The van der Waals surface area contributed by atoms with Gasteiger partial charge in [0.1, 0.15) is 0 Å². The molecule has 0 aromatic carbocycles. The smallest absolute Gasteiger partial charge is 0.233 e. The second-order valence-electron chi connectivity index (χ2n) is 4.98. The maximum atomic E-state index is 9.19. The summed E-state index contributed by atoms with van der Waals surface area (Å²) in [6, 6.07) is 2.22. The molecule has 2 aromatic rings. The average Bonchev–Trinajstić information content (AvgIpc) is 2.83. The lowest BCUT2D eigenvalue weighted by atomic mass is 10.2. The number of ether oxygens (including phenoxy) is 1. The molecule has 6 nitrogen and oxygen atoms in total. The lowest BCUT2D eigenvalue weighted by Crippen LogP contribution is -2.48. The maximum absolute atomic E-state index is 9.19. The molecule has 102 valence electrons. The Morgan fingerprint density at radius 3 is 3.21 bits per heavy atom. The van der Waals surface area contributed by atoms with Crippen LogP contribution in [0.25, 0.3) is 5.78 Å². The zero-order valence-electron chi connectivity index (χ0n) is 10.9. The summed E-state index contributed by atoms with van der Waals surface area (Å²) in [7, 11) is 0. The number of imidazole rings is 1. The van der Waals surface area contributed by atoms with E-state index in [-0.39, 0.29) is 12.7 Å². The molecule has 1 N–H and O–H groups in total. The summed E-state index contributed by atoms with van der Waals surface area (Å²) in [6.45, 7) is 4.33. The number of hydrogen-bond donors (Lipinski definition) is 1. The maximum Gasteiger partial charge on any atom is 0.233 e. The Morgan fingerprint density at radius 2 is 2.42 bits per heavy atom. The Bertz CT molecular complexity index is 523. The standard InChI is InChI=1S/C13H18N4O2/c1-10-9-19-12(8-18)7-17(10)6-11-5-16-4-2-3-14-13(16)15-11/h2-5,10,12,18H,6-9H2,1H3. The molecule has 19 heavy (non-hydrogen) atoms. The highest BCUT2D eigenvalue weighted by Gasteiger charge is 2.26. The van der Waals surface area contributed by atoms with Crippen molar-refractivity contribution in [2.75, 3.05) is 19.8 Å². The molecule has 2 aromatic heterocycles. The number of hydrogen-bond acceptors (Lipinski definition) is 5. The third kappa shape index (κ3) is 2.60. The fourth-order valence-corrected chi connectivity index (χ4v) is 2.37. The van der Waals surface area contributed by atoms with Crippen LogP contribution in [0.1, 0.15) is 12.6 Å². The van der Waals surface area contributed by atoms with Gasteiger partial charge >= 0.3 is 0 Å². The van der Waals surface area contributed by atoms with Crippen molar-refractivity contribution in [2.24, 2.45) is 0 Å². The van der Waals surface area contributed by atoms with Crippen LogP contribution in [-0.4, -0.2) is 56.3 Å². The molecule has 0 amide bonds. The van der Waals surface area contributed by atoms with Crippen molar-refractivity contribution in [3.63, 3.8) is 0 Å². The fourth-order valence-electron chi connectivity index (χ4n) is 2.37. The van der Waals surface area contributed by atoms with E-state index in [9.17, 15) is 5.11 Å². The number of morpholine rings is 1. The summed E-state index contributed by atoms with van der Waals surface area (Å²) in [5.41, 5.74) is 0.990. The first kappa shape index (κ1) is 12.5. The molecule has 6 heteroatoms. The van der Waals surface area contributed by atoms with Crippen LogP contribution in [0.4, 0.5) is 0 Å². The van der Waals surface area contributed by atoms with Crippen LogP contribution >= 0.6 is 0 Å². The number of fused-ring (bicyclic) bond motifs is 1. The molecular formula is C13H18N4O2. The topological polar surface area (TPSA) is 62.9 Å². The van der Waals surface area contributed by atoms with Gasteiger partial charge in [-0.05, 0) is 13.0 Å². The van der Waals surface area contributed by atoms with E-state index in [2.05, 4.69) is 21.8 Å². The van der Waals surface area contributed by atoms with Crippen LogP contribution < -0.4 is 0 Å². The van der Waals surface area contributed by atoms with Crippen molar-refractivity contribution in [1.82, 2.24) is 19.3 Å². The summed E-state index contributed by atoms with van der Waals surface area (Å²) >= 11 is 0. The second-order valence-corrected chi connectivity index (χ2v) is 4.98. The lowest BCUT2D eigenvalue weighted by Gasteiger charge is -2.36. The summed E-state index contributed by atoms with van der Waals surface area (Å²) in [4.78, 5) is 11.0. The van der Waals surface area contributed by atoms with Crippen molar-refractivity contribution in [2.45, 2.75) is 25.6 Å². The van der Waals surface area contributed by atoms with Gasteiger partial charge in [-0.15, -0.1) is 0 Å². The third-order valence-electron chi connectivity index (χ3n) is 3.49. The highest BCUT2D eigenvalue weighted by Crippen LogP contribution is 2.15. The molecule has 0 spiro atoms. The number of aromatic nitrogens is 3. The van der Waals surface area contributed by atoms with Gasteiger partial charge in [-0.2, -0.15) is 0 Å². The first-order chi connectivity index (χ1) is 9.26. The van der Waals surface area contributed by atoms with Crippen molar-refractivity contribution in [3.05, 3.63) is 30.4 Å². The predicted octanol–water partition coefficient (Wildman–Crippen LogP) is 0.311. The molecule has 0 radical (unpaired) electrons. The van der Waals surface area contributed by atoms with E-state index >= 15 is 0 Å². The molecule has 2 unspecified atom stereocenters. The predicted molar refractivity (Wildman–Crippen MR) is 69.7 cm³/mol. The van der Waals surface area contributed by atoms with Gasteiger partial charge in [-0.3, -0.25) is 9.30 Å². The largest absolute Gasteiger partial charge is 0.394 e. The molecule has 3 heterocycles. The van der Waals surface area contributed by atoms with Crippen LogP contribution in [0.15, 0.2) is 24.7 Å². The molecular weight excluding hydrogens is 244 g/mol. The van der Waals surface area contributed by atoms with Crippen LogP contribution in [0.5, 0.6) is 0 Å². The van der Waals surface area contributed by atoms with E-state index in [0.29, 0.717) is 12.6 Å². The average molecular weight is 262 g/mol. The van der Waals surface area contributed by atoms with E-state index in [1.165, 1.54) is 0 Å². The van der Waals surface area contributed by atoms with Gasteiger partial charge in [0.2, 0.25) is 5.78 Å². The van der Waals surface area contributed by atoms with Crippen LogP contribution in [0.3, 0.4) is 0 Å². The molecule has 3 rings (SSSR count). The van der Waals surface area contributed by atoms with Gasteiger partial charge < -0.3 is 9.84 Å². The number of nitrogens with zero attached hydrogens (tertiary/aromatic N) is 4. The van der Waals surface area contributed by atoms with Crippen molar-refractivity contribution in [3.8, 4) is 0 Å². The molecule has 0 bridgehead atoms. The van der Waals surface area contributed by atoms with E-state index < -0.39 is 0 Å². The fraction of sp³-hybridized carbons (Fsp3) is 0.538. The van der Waals surface area contributed by atoms with Crippen LogP contribution in [-0.2, 0) is 11.3 Å². The summed E-state index contributed by atoms with van der Waals surface area (Å²) in [6.07, 6.45) is 5.59. The minimum atomic E-state index is -0.0913. The van der Waals surface area contributed by atoms with Gasteiger partial charge in [0, 0.05) is 37.7 Å². The molecule has 2 atom stereocenters. The van der Waals surface area contributed by atoms with E-state index in [0.717, 1.165) is 24.6 Å².